The Balaban J connectivity index is 2.24. The minimum absolute atomic E-state index is 0.00483. The molecule has 0 aliphatic carbocycles. The molecular formula is C14H20N4O3. The first-order valence-corrected chi connectivity index (χ1v) is 6.96. The van der Waals surface area contributed by atoms with Gasteiger partial charge in [-0.05, 0) is 37.4 Å². The minimum atomic E-state index is -0.566. The van der Waals surface area contributed by atoms with Crippen molar-refractivity contribution in [1.29, 1.82) is 0 Å². The lowest BCUT2D eigenvalue weighted by molar-refractivity contribution is -0.384. The number of hydrogen-bond acceptors (Lipinski definition) is 5. The number of nitrogen functional groups attached to an aromatic ring is 1. The third kappa shape index (κ3) is 3.30. The first kappa shape index (κ1) is 15.2. The van der Waals surface area contributed by atoms with Gasteiger partial charge in [0.2, 0.25) is 0 Å². The van der Waals surface area contributed by atoms with Crippen LogP contribution in [0.15, 0.2) is 12.1 Å². The number of nitrogens with zero attached hydrogens (tertiary/aromatic N) is 1. The van der Waals surface area contributed by atoms with Gasteiger partial charge in [0.05, 0.1) is 10.5 Å². The fourth-order valence-electron chi connectivity index (χ4n) is 2.55. The zero-order valence-corrected chi connectivity index (χ0v) is 12.2. The summed E-state index contributed by atoms with van der Waals surface area (Å²) in [5.74, 6) is -0.00364. The molecule has 1 amide bonds. The number of rotatable bonds is 3. The van der Waals surface area contributed by atoms with Gasteiger partial charge in [0.15, 0.2) is 0 Å². The third-order valence-electron chi connectivity index (χ3n) is 3.89. The van der Waals surface area contributed by atoms with Crippen LogP contribution in [-0.2, 0) is 0 Å². The highest BCUT2D eigenvalue weighted by Crippen LogP contribution is 2.27. The van der Waals surface area contributed by atoms with Crippen LogP contribution in [0.5, 0.6) is 0 Å². The van der Waals surface area contributed by atoms with E-state index in [4.69, 9.17) is 5.73 Å². The Morgan fingerprint density at radius 1 is 1.52 bits per heavy atom. The van der Waals surface area contributed by atoms with Crippen molar-refractivity contribution in [2.45, 2.75) is 26.3 Å². The number of nitrogens with one attached hydrogen (secondary N) is 2. The van der Waals surface area contributed by atoms with Crippen LogP contribution in [0.4, 0.5) is 11.4 Å². The quantitative estimate of drug-likeness (QED) is 0.440. The second kappa shape index (κ2) is 6.09. The van der Waals surface area contributed by atoms with Crippen molar-refractivity contribution < 1.29 is 9.72 Å². The molecule has 2 atom stereocenters. The van der Waals surface area contributed by atoms with E-state index in [9.17, 15) is 14.9 Å². The van der Waals surface area contributed by atoms with E-state index in [0.29, 0.717) is 18.0 Å². The van der Waals surface area contributed by atoms with E-state index in [1.54, 1.807) is 13.0 Å². The molecule has 1 heterocycles. The molecule has 0 radical (unpaired) electrons. The number of anilines is 1. The summed E-state index contributed by atoms with van der Waals surface area (Å²) in [6, 6.07) is 2.96. The Hall–Kier alpha value is -2.15. The van der Waals surface area contributed by atoms with Gasteiger partial charge in [0.25, 0.3) is 11.6 Å². The Kier molecular flexibility index (Phi) is 4.42. The van der Waals surface area contributed by atoms with Gasteiger partial charge in [-0.15, -0.1) is 0 Å². The molecule has 2 rings (SSSR count). The highest BCUT2D eigenvalue weighted by molar-refractivity contribution is 6.01. The van der Waals surface area contributed by atoms with Crippen LogP contribution in [0.1, 0.15) is 29.3 Å². The maximum absolute atomic E-state index is 12.4. The number of piperidine rings is 1. The summed E-state index contributed by atoms with van der Waals surface area (Å²) in [7, 11) is 0. The molecule has 1 fully saturated rings. The second-order valence-corrected chi connectivity index (χ2v) is 5.55. The van der Waals surface area contributed by atoms with Crippen LogP contribution in [0.3, 0.4) is 0 Å². The van der Waals surface area contributed by atoms with Crippen molar-refractivity contribution in [3.8, 4) is 0 Å². The van der Waals surface area contributed by atoms with Crippen molar-refractivity contribution >= 4 is 17.3 Å². The number of amides is 1. The largest absolute Gasteiger partial charge is 0.393 e. The Labute approximate surface area is 123 Å². The van der Waals surface area contributed by atoms with E-state index in [2.05, 4.69) is 17.6 Å². The van der Waals surface area contributed by atoms with E-state index in [1.807, 2.05) is 0 Å². The van der Waals surface area contributed by atoms with Gasteiger partial charge in [0, 0.05) is 18.7 Å². The van der Waals surface area contributed by atoms with Gasteiger partial charge in [-0.1, -0.05) is 6.92 Å². The molecule has 0 saturated carbocycles. The second-order valence-electron chi connectivity index (χ2n) is 5.55. The number of hydrogen-bond donors (Lipinski definition) is 3. The highest BCUT2D eigenvalue weighted by atomic mass is 16.6. The molecule has 7 heteroatoms. The van der Waals surface area contributed by atoms with Crippen molar-refractivity contribution in [3.63, 3.8) is 0 Å². The maximum atomic E-state index is 12.4. The van der Waals surface area contributed by atoms with E-state index in [1.165, 1.54) is 6.07 Å². The summed E-state index contributed by atoms with van der Waals surface area (Å²) in [4.78, 5) is 22.8. The molecule has 1 aliphatic heterocycles. The van der Waals surface area contributed by atoms with Crippen LogP contribution in [0.25, 0.3) is 0 Å². The van der Waals surface area contributed by atoms with Gasteiger partial charge in [-0.2, -0.15) is 0 Å². The zero-order valence-electron chi connectivity index (χ0n) is 12.2. The molecule has 0 bridgehead atoms. The Bertz CT molecular complexity index is 574. The molecule has 114 valence electrons. The summed E-state index contributed by atoms with van der Waals surface area (Å²) >= 11 is 0. The summed E-state index contributed by atoms with van der Waals surface area (Å²) in [6.07, 6.45) is 0.981. The van der Waals surface area contributed by atoms with Gasteiger partial charge in [0.1, 0.15) is 5.69 Å². The van der Waals surface area contributed by atoms with Gasteiger partial charge in [-0.25, -0.2) is 0 Å². The van der Waals surface area contributed by atoms with Crippen molar-refractivity contribution in [2.75, 3.05) is 18.8 Å². The monoisotopic (exact) mass is 292 g/mol. The van der Waals surface area contributed by atoms with Gasteiger partial charge < -0.3 is 16.4 Å². The third-order valence-corrected chi connectivity index (χ3v) is 3.89. The zero-order chi connectivity index (χ0) is 15.6. The summed E-state index contributed by atoms with van der Waals surface area (Å²) in [5, 5.41) is 17.1. The average Bonchev–Trinajstić information content (AvgIpc) is 2.43. The number of carbonyl (C=O) groups is 1. The molecule has 4 N–H and O–H groups in total. The summed E-state index contributed by atoms with van der Waals surface area (Å²) in [5.41, 5.74) is 6.27. The van der Waals surface area contributed by atoms with Crippen LogP contribution in [0, 0.1) is 23.0 Å². The number of benzene rings is 1. The van der Waals surface area contributed by atoms with Crippen LogP contribution in [-0.4, -0.2) is 30.0 Å². The van der Waals surface area contributed by atoms with Crippen molar-refractivity contribution in [1.82, 2.24) is 10.6 Å². The minimum Gasteiger partial charge on any atom is -0.393 e. The number of carbonyl (C=O) groups excluding carboxylic acids is 1. The molecule has 1 aliphatic rings. The molecular weight excluding hydrogens is 272 g/mol. The average molecular weight is 292 g/mol. The molecule has 1 saturated heterocycles. The molecule has 0 spiro atoms. The molecule has 1 aromatic rings. The van der Waals surface area contributed by atoms with E-state index < -0.39 is 4.92 Å². The Morgan fingerprint density at radius 2 is 2.24 bits per heavy atom. The first-order valence-electron chi connectivity index (χ1n) is 6.96. The maximum Gasteiger partial charge on any atom is 0.293 e. The van der Waals surface area contributed by atoms with Gasteiger partial charge in [-0.3, -0.25) is 14.9 Å². The lowest BCUT2D eigenvalue weighted by Gasteiger charge is -2.30. The van der Waals surface area contributed by atoms with E-state index in [-0.39, 0.29) is 28.9 Å². The normalized spacial score (nSPS) is 21.8. The molecule has 21 heavy (non-hydrogen) atoms. The molecule has 1 aromatic carbocycles. The lowest BCUT2D eigenvalue weighted by Crippen LogP contribution is -2.50. The smallest absolute Gasteiger partial charge is 0.293 e. The standard InChI is InChI=1S/C14H20N4O3/c1-8-5-10(13(15)12(6-8)18(20)21)14(19)17-11-7-16-4-3-9(11)2/h5-6,9,11,16H,3-4,7,15H2,1-2H3,(H,17,19). The van der Waals surface area contributed by atoms with Crippen LogP contribution in [0.2, 0.25) is 0 Å². The summed E-state index contributed by atoms with van der Waals surface area (Å²) < 4.78 is 0. The van der Waals surface area contributed by atoms with Crippen molar-refractivity contribution in [3.05, 3.63) is 33.4 Å². The topological polar surface area (TPSA) is 110 Å². The van der Waals surface area contributed by atoms with Crippen LogP contribution >= 0.6 is 0 Å². The molecule has 2 unspecified atom stereocenters. The number of nitrogens with two attached hydrogens (primary N) is 1. The molecule has 7 nitrogen and oxygen atoms in total. The lowest BCUT2D eigenvalue weighted by atomic mass is 9.94. The van der Waals surface area contributed by atoms with E-state index in [0.717, 1.165) is 13.0 Å². The number of nitro benzene ring substituents is 1. The predicted octanol–water partition coefficient (Wildman–Crippen LogP) is 1.21. The molecule has 0 aromatic heterocycles. The van der Waals surface area contributed by atoms with Gasteiger partial charge >= 0.3 is 0 Å². The number of nitro groups is 1. The van der Waals surface area contributed by atoms with E-state index >= 15 is 0 Å². The first-order chi connectivity index (χ1) is 9.90. The number of aryl methyl sites for hydroxylation is 1. The van der Waals surface area contributed by atoms with Crippen molar-refractivity contribution in [2.24, 2.45) is 5.92 Å². The highest BCUT2D eigenvalue weighted by Gasteiger charge is 2.26. The summed E-state index contributed by atoms with van der Waals surface area (Å²) in [6.45, 7) is 5.41. The predicted molar refractivity (Wildman–Crippen MR) is 80.2 cm³/mol. The van der Waals surface area contributed by atoms with Crippen LogP contribution < -0.4 is 16.4 Å². The fraction of sp³-hybridized carbons (Fsp3) is 0.500. The Morgan fingerprint density at radius 3 is 2.86 bits per heavy atom. The fourth-order valence-corrected chi connectivity index (χ4v) is 2.55. The SMILES string of the molecule is Cc1cc(C(=O)NC2CNCCC2C)c(N)c([N+](=O)[O-])c1.